The minimum absolute atomic E-state index is 0.0933. The molecule has 5 heteroatoms. The number of nitrogens with zero attached hydrogens (tertiary/aromatic N) is 1. The Kier molecular flexibility index (Phi) is 4.35. The minimum atomic E-state index is -1.94. The highest BCUT2D eigenvalue weighted by Gasteiger charge is 2.40. The van der Waals surface area contributed by atoms with E-state index in [1.165, 1.54) is 33.1 Å². The fourth-order valence-electron chi connectivity index (χ4n) is 3.44. The summed E-state index contributed by atoms with van der Waals surface area (Å²) in [6.45, 7) is 6.14. The van der Waals surface area contributed by atoms with Crippen LogP contribution in [0.5, 0.6) is 0 Å². The smallest absolute Gasteiger partial charge is 0.257 e. The van der Waals surface area contributed by atoms with Crippen molar-refractivity contribution in [3.05, 3.63) is 0 Å². The molecule has 0 aromatic carbocycles. The van der Waals surface area contributed by atoms with Crippen LogP contribution in [-0.4, -0.2) is 42.0 Å². The molecule has 0 aromatic rings. The molecular weight excluding hydrogens is 259 g/mol. The molecular formula is C15H25FN2O2. The second-order valence-electron chi connectivity index (χ2n) is 6.79. The molecule has 4 nitrogen and oxygen atoms in total. The third-order valence-corrected chi connectivity index (χ3v) is 4.75. The van der Waals surface area contributed by atoms with Crippen LogP contribution in [0.4, 0.5) is 4.39 Å². The summed E-state index contributed by atoms with van der Waals surface area (Å²) in [6.07, 6.45) is 3.69. The van der Waals surface area contributed by atoms with Crippen LogP contribution < -0.4 is 5.32 Å². The van der Waals surface area contributed by atoms with E-state index in [0.717, 1.165) is 13.1 Å². The van der Waals surface area contributed by atoms with Gasteiger partial charge in [-0.3, -0.25) is 9.59 Å². The Bertz CT molecular complexity index is 392. The molecule has 2 unspecified atom stereocenters. The van der Waals surface area contributed by atoms with Gasteiger partial charge in [-0.25, -0.2) is 4.39 Å². The lowest BCUT2D eigenvalue weighted by Gasteiger charge is -2.29. The SMILES string of the molecule is C[C@@H]1CCCC2CN(C(=O)CNC(=O)C(C)(C)F)CC21. The predicted molar refractivity (Wildman–Crippen MR) is 74.8 cm³/mol. The van der Waals surface area contributed by atoms with Crippen molar-refractivity contribution in [2.75, 3.05) is 19.6 Å². The maximum atomic E-state index is 13.4. The van der Waals surface area contributed by atoms with Crippen LogP contribution >= 0.6 is 0 Å². The summed E-state index contributed by atoms with van der Waals surface area (Å²) in [7, 11) is 0. The Morgan fingerprint density at radius 3 is 2.60 bits per heavy atom. The van der Waals surface area contributed by atoms with Gasteiger partial charge in [-0.2, -0.15) is 0 Å². The number of nitrogens with one attached hydrogen (secondary N) is 1. The van der Waals surface area contributed by atoms with E-state index in [9.17, 15) is 14.0 Å². The van der Waals surface area contributed by atoms with Crippen LogP contribution in [-0.2, 0) is 9.59 Å². The van der Waals surface area contributed by atoms with E-state index in [1.54, 1.807) is 0 Å². The number of carbonyl (C=O) groups excluding carboxylic acids is 2. The number of alkyl halides is 1. The Labute approximate surface area is 120 Å². The molecule has 0 radical (unpaired) electrons. The summed E-state index contributed by atoms with van der Waals surface area (Å²) < 4.78 is 13.4. The van der Waals surface area contributed by atoms with Gasteiger partial charge in [-0.1, -0.05) is 19.8 Å². The molecule has 3 atom stereocenters. The van der Waals surface area contributed by atoms with E-state index in [0.29, 0.717) is 17.8 Å². The van der Waals surface area contributed by atoms with Crippen molar-refractivity contribution in [1.29, 1.82) is 0 Å². The van der Waals surface area contributed by atoms with Crippen LogP contribution in [0.25, 0.3) is 0 Å². The zero-order chi connectivity index (χ0) is 14.9. The molecule has 0 bridgehead atoms. The van der Waals surface area contributed by atoms with Gasteiger partial charge in [-0.15, -0.1) is 0 Å². The lowest BCUT2D eigenvalue weighted by molar-refractivity contribution is -0.135. The molecule has 0 aromatic heterocycles. The van der Waals surface area contributed by atoms with Crippen molar-refractivity contribution in [2.24, 2.45) is 17.8 Å². The fraction of sp³-hybridized carbons (Fsp3) is 0.867. The van der Waals surface area contributed by atoms with E-state index in [4.69, 9.17) is 0 Å². The molecule has 2 aliphatic rings. The predicted octanol–water partition coefficient (Wildman–Crippen LogP) is 1.75. The van der Waals surface area contributed by atoms with E-state index >= 15 is 0 Å². The van der Waals surface area contributed by atoms with Crippen LogP contribution in [0.15, 0.2) is 0 Å². The van der Waals surface area contributed by atoms with Gasteiger partial charge in [-0.05, 0) is 38.0 Å². The average Bonchev–Trinajstić information content (AvgIpc) is 2.79. The second-order valence-corrected chi connectivity index (χ2v) is 6.79. The lowest BCUT2D eigenvalue weighted by atomic mass is 9.75. The van der Waals surface area contributed by atoms with E-state index in [1.807, 2.05) is 4.90 Å². The number of hydrogen-bond donors (Lipinski definition) is 1. The molecule has 0 spiro atoms. The molecule has 1 aliphatic heterocycles. The van der Waals surface area contributed by atoms with Crippen LogP contribution in [0.2, 0.25) is 0 Å². The molecule has 1 saturated heterocycles. The molecule has 20 heavy (non-hydrogen) atoms. The Balaban J connectivity index is 1.84. The summed E-state index contributed by atoms with van der Waals surface area (Å²) in [4.78, 5) is 25.4. The third-order valence-electron chi connectivity index (χ3n) is 4.75. The second kappa shape index (κ2) is 5.70. The summed E-state index contributed by atoms with van der Waals surface area (Å²) in [6, 6.07) is 0. The van der Waals surface area contributed by atoms with Crippen molar-refractivity contribution < 1.29 is 14.0 Å². The number of likely N-dealkylation sites (tertiary alicyclic amines) is 1. The first kappa shape index (κ1) is 15.3. The number of fused-ring (bicyclic) bond motifs is 1. The van der Waals surface area contributed by atoms with Crippen LogP contribution in [0, 0.1) is 17.8 Å². The van der Waals surface area contributed by atoms with E-state index in [2.05, 4.69) is 12.2 Å². The van der Waals surface area contributed by atoms with Gasteiger partial charge >= 0.3 is 0 Å². The molecule has 114 valence electrons. The molecule has 1 aliphatic carbocycles. The van der Waals surface area contributed by atoms with Crippen molar-refractivity contribution in [3.63, 3.8) is 0 Å². The normalized spacial score (nSPS) is 30.0. The van der Waals surface area contributed by atoms with Crippen molar-refractivity contribution in [2.45, 2.75) is 45.7 Å². The van der Waals surface area contributed by atoms with Gasteiger partial charge in [0.1, 0.15) is 0 Å². The van der Waals surface area contributed by atoms with Crippen LogP contribution in [0.1, 0.15) is 40.0 Å². The van der Waals surface area contributed by atoms with Crippen molar-refractivity contribution in [1.82, 2.24) is 10.2 Å². The molecule has 1 saturated carbocycles. The number of halogens is 1. The molecule has 2 rings (SSSR count). The average molecular weight is 284 g/mol. The summed E-state index contributed by atoms with van der Waals surface area (Å²) in [5.74, 6) is 1.06. The summed E-state index contributed by atoms with van der Waals surface area (Å²) in [5, 5.41) is 2.39. The maximum Gasteiger partial charge on any atom is 0.257 e. The quantitative estimate of drug-likeness (QED) is 0.858. The monoisotopic (exact) mass is 284 g/mol. The number of rotatable bonds is 3. The largest absolute Gasteiger partial charge is 0.344 e. The highest BCUT2D eigenvalue weighted by atomic mass is 19.1. The first-order valence-corrected chi connectivity index (χ1v) is 7.54. The van der Waals surface area contributed by atoms with Gasteiger partial charge < -0.3 is 10.2 Å². The van der Waals surface area contributed by atoms with E-state index < -0.39 is 11.6 Å². The molecule has 1 heterocycles. The Morgan fingerprint density at radius 2 is 2.00 bits per heavy atom. The fourth-order valence-corrected chi connectivity index (χ4v) is 3.44. The van der Waals surface area contributed by atoms with Crippen molar-refractivity contribution in [3.8, 4) is 0 Å². The van der Waals surface area contributed by atoms with Gasteiger partial charge in [0.15, 0.2) is 5.67 Å². The Hall–Kier alpha value is -1.13. The first-order valence-electron chi connectivity index (χ1n) is 7.54. The molecule has 1 N–H and O–H groups in total. The van der Waals surface area contributed by atoms with Crippen molar-refractivity contribution >= 4 is 11.8 Å². The summed E-state index contributed by atoms with van der Waals surface area (Å²) in [5.41, 5.74) is -1.94. The zero-order valence-electron chi connectivity index (χ0n) is 12.6. The zero-order valence-corrected chi connectivity index (χ0v) is 12.6. The highest BCUT2D eigenvalue weighted by molar-refractivity contribution is 5.88. The molecule has 2 fully saturated rings. The highest BCUT2D eigenvalue weighted by Crippen LogP contribution is 2.39. The minimum Gasteiger partial charge on any atom is -0.344 e. The number of amides is 2. The van der Waals surface area contributed by atoms with Gasteiger partial charge in [0, 0.05) is 13.1 Å². The van der Waals surface area contributed by atoms with E-state index in [-0.39, 0.29) is 12.5 Å². The van der Waals surface area contributed by atoms with Gasteiger partial charge in [0.25, 0.3) is 5.91 Å². The maximum absolute atomic E-state index is 13.4. The van der Waals surface area contributed by atoms with Gasteiger partial charge in [0.2, 0.25) is 5.91 Å². The molecule has 2 amide bonds. The van der Waals surface area contributed by atoms with Crippen LogP contribution in [0.3, 0.4) is 0 Å². The standard InChI is InChI=1S/C15H25FN2O2/c1-10-5-4-6-11-8-18(9-12(10)11)13(19)7-17-14(20)15(2,3)16/h10-12H,4-9H2,1-3H3,(H,17,20)/t10-,11?,12?/m1/s1. The topological polar surface area (TPSA) is 49.4 Å². The third kappa shape index (κ3) is 3.30. The van der Waals surface area contributed by atoms with Gasteiger partial charge in [0.05, 0.1) is 6.54 Å². The number of carbonyl (C=O) groups is 2. The summed E-state index contributed by atoms with van der Waals surface area (Å²) >= 11 is 0. The first-order chi connectivity index (χ1) is 9.29. The Morgan fingerprint density at radius 1 is 1.30 bits per heavy atom. The lowest BCUT2D eigenvalue weighted by Crippen LogP contribution is -2.45. The number of hydrogen-bond acceptors (Lipinski definition) is 2.